The summed E-state index contributed by atoms with van der Waals surface area (Å²) in [5, 5.41) is 12.4. The van der Waals surface area contributed by atoms with E-state index in [0.717, 1.165) is 12.8 Å². The summed E-state index contributed by atoms with van der Waals surface area (Å²) >= 11 is 0. The van der Waals surface area contributed by atoms with Gasteiger partial charge < -0.3 is 15.2 Å². The lowest BCUT2D eigenvalue weighted by Gasteiger charge is -2.14. The van der Waals surface area contributed by atoms with Crippen LogP contribution in [0.4, 0.5) is 0 Å². The zero-order chi connectivity index (χ0) is 12.5. The molecule has 4 heteroatoms. The molecular weight excluding hydrogens is 230 g/mol. The number of fused-ring (bicyclic) bond motifs is 1. The van der Waals surface area contributed by atoms with Gasteiger partial charge in [0, 0.05) is 5.56 Å². The Labute approximate surface area is 106 Å². The molecule has 96 valence electrons. The number of amides is 1. The molecule has 0 radical (unpaired) electrons. The zero-order valence-corrected chi connectivity index (χ0v) is 10.2. The summed E-state index contributed by atoms with van der Waals surface area (Å²) in [5.74, 6) is -0.126. The van der Waals surface area contributed by atoms with E-state index in [9.17, 15) is 9.90 Å². The first-order chi connectivity index (χ1) is 8.74. The van der Waals surface area contributed by atoms with Crippen LogP contribution < -0.4 is 5.32 Å². The maximum Gasteiger partial charge on any atom is 0.251 e. The summed E-state index contributed by atoms with van der Waals surface area (Å²) in [7, 11) is 0. The van der Waals surface area contributed by atoms with Crippen LogP contribution in [0.25, 0.3) is 0 Å². The van der Waals surface area contributed by atoms with Crippen molar-refractivity contribution in [1.82, 2.24) is 5.32 Å². The fourth-order valence-electron chi connectivity index (χ4n) is 2.65. The smallest absolute Gasteiger partial charge is 0.251 e. The van der Waals surface area contributed by atoms with Gasteiger partial charge in [0.2, 0.25) is 0 Å². The van der Waals surface area contributed by atoms with Gasteiger partial charge in [-0.05, 0) is 42.5 Å². The van der Waals surface area contributed by atoms with Crippen molar-refractivity contribution < 1.29 is 14.6 Å². The lowest BCUT2D eigenvalue weighted by molar-refractivity contribution is 0.0886. The van der Waals surface area contributed by atoms with Crippen LogP contribution in [0.5, 0.6) is 0 Å². The van der Waals surface area contributed by atoms with Crippen LogP contribution in [0.2, 0.25) is 0 Å². The van der Waals surface area contributed by atoms with Crippen LogP contribution in [0.15, 0.2) is 18.2 Å². The third-order valence-corrected chi connectivity index (χ3v) is 3.73. The fraction of sp³-hybridized carbons (Fsp3) is 0.500. The highest BCUT2D eigenvalue weighted by molar-refractivity contribution is 5.94. The lowest BCUT2D eigenvalue weighted by Crippen LogP contribution is -2.42. The molecule has 1 aromatic rings. The summed E-state index contributed by atoms with van der Waals surface area (Å²) in [6, 6.07) is 5.59. The minimum absolute atomic E-state index is 0.126. The van der Waals surface area contributed by atoms with Crippen molar-refractivity contribution in [3.05, 3.63) is 34.9 Å². The van der Waals surface area contributed by atoms with Crippen LogP contribution >= 0.6 is 0 Å². The van der Waals surface area contributed by atoms with Gasteiger partial charge >= 0.3 is 0 Å². The van der Waals surface area contributed by atoms with Crippen LogP contribution in [-0.4, -0.2) is 36.4 Å². The highest BCUT2D eigenvalue weighted by atomic mass is 16.5. The molecule has 18 heavy (non-hydrogen) atoms. The second-order valence-corrected chi connectivity index (χ2v) is 5.02. The quantitative estimate of drug-likeness (QED) is 0.807. The van der Waals surface area contributed by atoms with Crippen LogP contribution in [0.1, 0.15) is 27.9 Å². The molecule has 1 saturated heterocycles. The van der Waals surface area contributed by atoms with Gasteiger partial charge in [0.25, 0.3) is 5.91 Å². The number of aryl methyl sites for hydroxylation is 2. The van der Waals surface area contributed by atoms with Crippen molar-refractivity contribution in [1.29, 1.82) is 0 Å². The van der Waals surface area contributed by atoms with Gasteiger partial charge in [-0.3, -0.25) is 4.79 Å². The van der Waals surface area contributed by atoms with Gasteiger partial charge in [0.1, 0.15) is 0 Å². The van der Waals surface area contributed by atoms with Crippen molar-refractivity contribution in [2.45, 2.75) is 31.4 Å². The highest BCUT2D eigenvalue weighted by Crippen LogP contribution is 2.22. The largest absolute Gasteiger partial charge is 0.388 e. The molecule has 0 saturated carbocycles. The second-order valence-electron chi connectivity index (χ2n) is 5.02. The maximum atomic E-state index is 12.1. The number of benzene rings is 1. The molecule has 0 aromatic heterocycles. The van der Waals surface area contributed by atoms with Gasteiger partial charge in [0.15, 0.2) is 0 Å². The molecule has 2 N–H and O–H groups in total. The molecule has 1 amide bonds. The number of rotatable bonds is 2. The summed E-state index contributed by atoms with van der Waals surface area (Å²) in [6.07, 6.45) is 2.76. The van der Waals surface area contributed by atoms with E-state index in [1.54, 1.807) is 0 Å². The van der Waals surface area contributed by atoms with Crippen molar-refractivity contribution in [3.63, 3.8) is 0 Å². The van der Waals surface area contributed by atoms with Gasteiger partial charge in [-0.25, -0.2) is 0 Å². The Bertz CT molecular complexity index is 472. The van der Waals surface area contributed by atoms with Crippen LogP contribution in [0, 0.1) is 0 Å². The first-order valence-corrected chi connectivity index (χ1v) is 6.42. The third kappa shape index (κ3) is 2.13. The van der Waals surface area contributed by atoms with Gasteiger partial charge in [0.05, 0.1) is 25.4 Å². The monoisotopic (exact) mass is 247 g/mol. The number of carbonyl (C=O) groups is 1. The number of hydrogen-bond donors (Lipinski definition) is 2. The summed E-state index contributed by atoms with van der Waals surface area (Å²) < 4.78 is 5.12. The molecular formula is C14H17NO3. The lowest BCUT2D eigenvalue weighted by atomic mass is 10.1. The standard InChI is InChI=1S/C14H17NO3/c16-13-8-18-7-12(13)15-14(17)11-5-4-9-2-1-3-10(9)6-11/h4-6,12-13,16H,1-3,7-8H2,(H,15,17)/t12-,13-/m0/s1. The average molecular weight is 247 g/mol. The molecule has 0 unspecified atom stereocenters. The van der Waals surface area contributed by atoms with E-state index < -0.39 is 6.10 Å². The van der Waals surface area contributed by atoms with Crippen molar-refractivity contribution in [3.8, 4) is 0 Å². The Morgan fingerprint density at radius 3 is 2.89 bits per heavy atom. The molecule has 1 fully saturated rings. The topological polar surface area (TPSA) is 58.6 Å². The second kappa shape index (κ2) is 4.71. The first kappa shape index (κ1) is 11.7. The Morgan fingerprint density at radius 2 is 2.11 bits per heavy atom. The zero-order valence-electron chi connectivity index (χ0n) is 10.2. The van der Waals surface area contributed by atoms with E-state index in [1.807, 2.05) is 18.2 Å². The Morgan fingerprint density at radius 1 is 1.28 bits per heavy atom. The number of ether oxygens (including phenoxy) is 1. The van der Waals surface area contributed by atoms with Gasteiger partial charge in [-0.2, -0.15) is 0 Å². The van der Waals surface area contributed by atoms with E-state index in [2.05, 4.69) is 5.32 Å². The molecule has 2 atom stereocenters. The maximum absolute atomic E-state index is 12.1. The molecule has 1 aromatic carbocycles. The number of carbonyl (C=O) groups excluding carboxylic acids is 1. The first-order valence-electron chi connectivity index (χ1n) is 6.42. The molecule has 0 spiro atoms. The fourth-order valence-corrected chi connectivity index (χ4v) is 2.65. The van der Waals surface area contributed by atoms with Crippen molar-refractivity contribution in [2.75, 3.05) is 13.2 Å². The van der Waals surface area contributed by atoms with Gasteiger partial charge in [-0.15, -0.1) is 0 Å². The molecule has 3 rings (SSSR count). The van der Waals surface area contributed by atoms with Crippen LogP contribution in [-0.2, 0) is 17.6 Å². The molecule has 4 nitrogen and oxygen atoms in total. The normalized spacial score (nSPS) is 26.1. The molecule has 1 aliphatic heterocycles. The number of hydrogen-bond acceptors (Lipinski definition) is 3. The minimum Gasteiger partial charge on any atom is -0.388 e. The third-order valence-electron chi connectivity index (χ3n) is 3.73. The molecule has 2 aliphatic rings. The summed E-state index contributed by atoms with van der Waals surface area (Å²) in [6.45, 7) is 0.687. The molecule has 0 bridgehead atoms. The summed E-state index contributed by atoms with van der Waals surface area (Å²) in [4.78, 5) is 12.1. The number of nitrogens with one attached hydrogen (secondary N) is 1. The van der Waals surface area contributed by atoms with E-state index in [0.29, 0.717) is 18.8 Å². The van der Waals surface area contributed by atoms with E-state index in [-0.39, 0.29) is 11.9 Å². The Hall–Kier alpha value is -1.39. The SMILES string of the molecule is O=C(N[C@H]1COC[C@@H]1O)c1ccc2c(c1)CCC2. The predicted molar refractivity (Wildman–Crippen MR) is 66.5 cm³/mol. The highest BCUT2D eigenvalue weighted by Gasteiger charge is 2.28. The molecule has 1 heterocycles. The number of aliphatic hydroxyl groups is 1. The predicted octanol–water partition coefficient (Wildman–Crippen LogP) is 0.665. The van der Waals surface area contributed by atoms with E-state index in [1.165, 1.54) is 17.5 Å². The average Bonchev–Trinajstić information content (AvgIpc) is 2.98. The Kier molecular flexibility index (Phi) is 3.06. The van der Waals surface area contributed by atoms with Crippen molar-refractivity contribution in [2.24, 2.45) is 0 Å². The summed E-state index contributed by atoms with van der Waals surface area (Å²) in [5.41, 5.74) is 3.32. The molecule has 1 aliphatic carbocycles. The van der Waals surface area contributed by atoms with Gasteiger partial charge in [-0.1, -0.05) is 6.07 Å². The van der Waals surface area contributed by atoms with E-state index >= 15 is 0 Å². The number of aliphatic hydroxyl groups excluding tert-OH is 1. The Balaban J connectivity index is 1.72. The minimum atomic E-state index is -0.594. The van der Waals surface area contributed by atoms with Crippen LogP contribution in [0.3, 0.4) is 0 Å². The van der Waals surface area contributed by atoms with Crippen molar-refractivity contribution >= 4 is 5.91 Å². The van der Waals surface area contributed by atoms with E-state index in [4.69, 9.17) is 4.74 Å².